The molecule has 0 aromatic carbocycles. The minimum atomic E-state index is -0.730. The molecular formula is C11H22N2O2. The van der Waals surface area contributed by atoms with Crippen LogP contribution in [0.5, 0.6) is 0 Å². The molecule has 4 nitrogen and oxygen atoms in total. The first-order valence-corrected chi connectivity index (χ1v) is 5.83. The fourth-order valence-corrected chi connectivity index (χ4v) is 2.10. The lowest BCUT2D eigenvalue weighted by Gasteiger charge is -2.23. The number of aliphatic carboxylic acids is 1. The van der Waals surface area contributed by atoms with Crippen LogP contribution >= 0.6 is 0 Å². The molecule has 0 amide bonds. The number of carbonyl (C=O) groups is 1. The number of likely N-dealkylation sites (N-methyl/N-ethyl adjacent to an activating group) is 1. The highest BCUT2D eigenvalue weighted by atomic mass is 16.4. The third-order valence-electron chi connectivity index (χ3n) is 3.10. The van der Waals surface area contributed by atoms with Crippen LogP contribution in [0.4, 0.5) is 0 Å². The van der Waals surface area contributed by atoms with Crippen molar-refractivity contribution >= 4 is 5.97 Å². The summed E-state index contributed by atoms with van der Waals surface area (Å²) in [5.74, 6) is -0.730. The van der Waals surface area contributed by atoms with Crippen LogP contribution in [0.3, 0.4) is 0 Å². The molecule has 1 aliphatic carbocycles. The molecule has 1 fully saturated rings. The Hall–Kier alpha value is -0.610. The normalized spacial score (nSPS) is 17.5. The van der Waals surface area contributed by atoms with E-state index in [-0.39, 0.29) is 6.42 Å². The molecule has 0 aromatic heterocycles. The van der Waals surface area contributed by atoms with E-state index in [1.54, 1.807) is 0 Å². The molecule has 0 aromatic rings. The van der Waals surface area contributed by atoms with Gasteiger partial charge in [0.2, 0.25) is 0 Å². The summed E-state index contributed by atoms with van der Waals surface area (Å²) < 4.78 is 0. The molecule has 0 unspecified atom stereocenters. The summed E-state index contributed by atoms with van der Waals surface area (Å²) in [6, 6.07) is 0.756. The van der Waals surface area contributed by atoms with E-state index in [2.05, 4.69) is 17.3 Å². The Bertz CT molecular complexity index is 191. The van der Waals surface area contributed by atoms with Crippen LogP contribution in [0.1, 0.15) is 32.1 Å². The average molecular weight is 214 g/mol. The fraction of sp³-hybridized carbons (Fsp3) is 0.909. The van der Waals surface area contributed by atoms with Crippen LogP contribution in [0, 0.1) is 0 Å². The molecule has 88 valence electrons. The maximum absolute atomic E-state index is 10.3. The largest absolute Gasteiger partial charge is 0.481 e. The third-order valence-corrected chi connectivity index (χ3v) is 3.10. The molecule has 0 radical (unpaired) electrons. The second kappa shape index (κ2) is 6.80. The summed E-state index contributed by atoms with van der Waals surface area (Å²) in [5.41, 5.74) is 0. The van der Waals surface area contributed by atoms with Gasteiger partial charge in [-0.05, 0) is 19.9 Å². The minimum Gasteiger partial charge on any atom is -0.481 e. The number of nitrogens with zero attached hydrogens (tertiary/aromatic N) is 1. The lowest BCUT2D eigenvalue weighted by atomic mass is 10.2. The van der Waals surface area contributed by atoms with E-state index in [9.17, 15) is 4.79 Å². The van der Waals surface area contributed by atoms with E-state index in [4.69, 9.17) is 5.11 Å². The Morgan fingerprint density at radius 3 is 2.67 bits per heavy atom. The zero-order valence-electron chi connectivity index (χ0n) is 9.54. The number of nitrogens with one attached hydrogen (secondary N) is 1. The summed E-state index contributed by atoms with van der Waals surface area (Å²) in [6.07, 6.45) is 5.59. The Kier molecular flexibility index (Phi) is 5.65. The van der Waals surface area contributed by atoms with Crippen LogP contribution in [-0.2, 0) is 4.79 Å². The van der Waals surface area contributed by atoms with Gasteiger partial charge in [0.1, 0.15) is 0 Å². The van der Waals surface area contributed by atoms with Gasteiger partial charge in [-0.2, -0.15) is 0 Å². The highest BCUT2D eigenvalue weighted by Gasteiger charge is 2.18. The second-order valence-corrected chi connectivity index (χ2v) is 4.31. The van der Waals surface area contributed by atoms with Crippen molar-refractivity contribution in [3.63, 3.8) is 0 Å². The first kappa shape index (κ1) is 12.5. The number of carboxylic acids is 1. The summed E-state index contributed by atoms with van der Waals surface area (Å²) >= 11 is 0. The van der Waals surface area contributed by atoms with Crippen LogP contribution in [0.15, 0.2) is 0 Å². The van der Waals surface area contributed by atoms with Crippen LogP contribution < -0.4 is 5.32 Å². The average Bonchev–Trinajstić information content (AvgIpc) is 2.69. The molecule has 1 rings (SSSR count). The molecule has 0 saturated heterocycles. The highest BCUT2D eigenvalue weighted by Crippen LogP contribution is 2.21. The topological polar surface area (TPSA) is 52.6 Å². The van der Waals surface area contributed by atoms with Gasteiger partial charge in [0, 0.05) is 25.7 Å². The molecule has 4 heteroatoms. The van der Waals surface area contributed by atoms with Gasteiger partial charge in [-0.1, -0.05) is 12.8 Å². The van der Waals surface area contributed by atoms with Crippen molar-refractivity contribution < 1.29 is 9.90 Å². The van der Waals surface area contributed by atoms with Crippen molar-refractivity contribution in [2.75, 3.05) is 26.7 Å². The van der Waals surface area contributed by atoms with E-state index in [1.165, 1.54) is 25.7 Å². The highest BCUT2D eigenvalue weighted by molar-refractivity contribution is 5.66. The van der Waals surface area contributed by atoms with Gasteiger partial charge in [-0.3, -0.25) is 4.79 Å². The van der Waals surface area contributed by atoms with Crippen LogP contribution in [0.25, 0.3) is 0 Å². The van der Waals surface area contributed by atoms with Crippen molar-refractivity contribution in [1.82, 2.24) is 10.2 Å². The van der Waals surface area contributed by atoms with Crippen molar-refractivity contribution in [3.05, 3.63) is 0 Å². The number of hydrogen-bond acceptors (Lipinski definition) is 3. The third kappa shape index (κ3) is 5.14. The van der Waals surface area contributed by atoms with Gasteiger partial charge in [-0.25, -0.2) is 0 Å². The van der Waals surface area contributed by atoms with E-state index < -0.39 is 5.97 Å². The minimum absolute atomic E-state index is 0.215. The molecule has 15 heavy (non-hydrogen) atoms. The van der Waals surface area contributed by atoms with Gasteiger partial charge in [-0.15, -0.1) is 0 Å². The first-order chi connectivity index (χ1) is 7.20. The van der Waals surface area contributed by atoms with E-state index in [0.29, 0.717) is 6.54 Å². The molecule has 1 saturated carbocycles. The van der Waals surface area contributed by atoms with Crippen molar-refractivity contribution in [2.45, 2.75) is 38.1 Å². The maximum Gasteiger partial charge on any atom is 0.304 e. The Labute approximate surface area is 91.6 Å². The summed E-state index contributed by atoms with van der Waals surface area (Å²) in [7, 11) is 2.16. The Morgan fingerprint density at radius 1 is 1.40 bits per heavy atom. The molecule has 2 N–H and O–H groups in total. The lowest BCUT2D eigenvalue weighted by molar-refractivity contribution is -0.136. The number of rotatable bonds is 7. The number of carboxylic acid groups (broad SMARTS) is 1. The maximum atomic E-state index is 10.3. The zero-order valence-corrected chi connectivity index (χ0v) is 9.54. The quantitative estimate of drug-likeness (QED) is 0.619. The number of hydrogen-bond donors (Lipinski definition) is 2. The molecule has 0 heterocycles. The molecule has 0 bridgehead atoms. The van der Waals surface area contributed by atoms with E-state index >= 15 is 0 Å². The molecule has 0 spiro atoms. The Morgan fingerprint density at radius 2 is 2.07 bits per heavy atom. The van der Waals surface area contributed by atoms with E-state index in [0.717, 1.165) is 19.1 Å². The second-order valence-electron chi connectivity index (χ2n) is 4.31. The summed E-state index contributed by atoms with van der Waals surface area (Å²) in [4.78, 5) is 12.6. The fourth-order valence-electron chi connectivity index (χ4n) is 2.10. The van der Waals surface area contributed by atoms with Crippen LogP contribution in [-0.4, -0.2) is 48.7 Å². The standard InChI is InChI=1S/C11H22N2O2/c1-13(10-4-2-3-5-10)9-8-12-7-6-11(14)15/h10,12H,2-9H2,1H3,(H,14,15). The van der Waals surface area contributed by atoms with Crippen molar-refractivity contribution in [2.24, 2.45) is 0 Å². The Balaban J connectivity index is 1.96. The first-order valence-electron chi connectivity index (χ1n) is 5.83. The van der Waals surface area contributed by atoms with Crippen molar-refractivity contribution in [1.29, 1.82) is 0 Å². The van der Waals surface area contributed by atoms with Gasteiger partial charge < -0.3 is 15.3 Å². The van der Waals surface area contributed by atoms with Gasteiger partial charge in [0.25, 0.3) is 0 Å². The predicted molar refractivity (Wildman–Crippen MR) is 60.0 cm³/mol. The van der Waals surface area contributed by atoms with E-state index in [1.807, 2.05) is 0 Å². The lowest BCUT2D eigenvalue weighted by Crippen LogP contribution is -2.35. The van der Waals surface area contributed by atoms with Gasteiger partial charge in [0.05, 0.1) is 6.42 Å². The van der Waals surface area contributed by atoms with Gasteiger partial charge in [0.15, 0.2) is 0 Å². The smallest absolute Gasteiger partial charge is 0.304 e. The summed E-state index contributed by atoms with van der Waals surface area (Å²) in [5, 5.41) is 11.6. The van der Waals surface area contributed by atoms with Crippen LogP contribution in [0.2, 0.25) is 0 Å². The monoisotopic (exact) mass is 214 g/mol. The SMILES string of the molecule is CN(CCNCCC(=O)O)C1CCCC1. The molecule has 1 aliphatic rings. The molecular weight excluding hydrogens is 192 g/mol. The zero-order chi connectivity index (χ0) is 11.1. The molecule has 0 aliphatic heterocycles. The summed E-state index contributed by atoms with van der Waals surface area (Å²) in [6.45, 7) is 2.48. The van der Waals surface area contributed by atoms with Crippen molar-refractivity contribution in [3.8, 4) is 0 Å². The predicted octanol–water partition coefficient (Wildman–Crippen LogP) is 0.925. The van der Waals surface area contributed by atoms with Gasteiger partial charge >= 0.3 is 5.97 Å². The molecule has 0 atom stereocenters.